The van der Waals surface area contributed by atoms with E-state index in [0.717, 1.165) is 38.3 Å². The molecule has 144 valence electrons. The van der Waals surface area contributed by atoms with Crippen LogP contribution < -0.4 is 4.90 Å². The van der Waals surface area contributed by atoms with Gasteiger partial charge in [0.25, 0.3) is 0 Å². The molecule has 0 atom stereocenters. The quantitative estimate of drug-likeness (QED) is 0.806. The maximum absolute atomic E-state index is 13.8. The van der Waals surface area contributed by atoms with Crippen molar-refractivity contribution >= 4 is 11.6 Å². The number of halogens is 2. The van der Waals surface area contributed by atoms with Gasteiger partial charge in [0.05, 0.1) is 6.54 Å². The predicted octanol–water partition coefficient (Wildman–Crippen LogP) is 3.14. The predicted molar refractivity (Wildman–Crippen MR) is 103 cm³/mol. The van der Waals surface area contributed by atoms with Crippen LogP contribution in [0.1, 0.15) is 12.0 Å². The molecule has 0 radical (unpaired) electrons. The second-order valence-corrected chi connectivity index (χ2v) is 6.93. The zero-order chi connectivity index (χ0) is 19.2. The van der Waals surface area contributed by atoms with Gasteiger partial charge in [-0.15, -0.1) is 0 Å². The van der Waals surface area contributed by atoms with Crippen LogP contribution in [0.4, 0.5) is 14.5 Å². The third-order valence-electron chi connectivity index (χ3n) is 4.93. The molecule has 0 spiro atoms. The minimum absolute atomic E-state index is 0.0199. The van der Waals surface area contributed by atoms with Crippen molar-refractivity contribution in [2.45, 2.75) is 13.0 Å². The van der Waals surface area contributed by atoms with E-state index in [1.165, 1.54) is 18.2 Å². The zero-order valence-corrected chi connectivity index (χ0v) is 15.6. The van der Waals surface area contributed by atoms with E-state index < -0.39 is 0 Å². The summed E-state index contributed by atoms with van der Waals surface area (Å²) < 4.78 is 26.9. The molecule has 1 amide bonds. The number of carbonyl (C=O) groups excluding carboxylic acids is 1. The second-order valence-electron chi connectivity index (χ2n) is 6.93. The number of benzene rings is 2. The zero-order valence-electron chi connectivity index (χ0n) is 15.6. The number of hydrogen-bond donors (Lipinski definition) is 0. The van der Waals surface area contributed by atoms with Crippen molar-refractivity contribution in [3.05, 3.63) is 65.7 Å². The van der Waals surface area contributed by atoms with Crippen LogP contribution in [0, 0.1) is 11.6 Å². The van der Waals surface area contributed by atoms with Gasteiger partial charge < -0.3 is 9.80 Å². The Bertz CT molecular complexity index is 766. The van der Waals surface area contributed by atoms with Crippen molar-refractivity contribution in [3.8, 4) is 0 Å². The first kappa shape index (κ1) is 19.3. The minimum Gasteiger partial charge on any atom is -0.370 e. The Balaban J connectivity index is 1.52. The van der Waals surface area contributed by atoms with Gasteiger partial charge in [-0.3, -0.25) is 9.69 Å². The Labute approximate surface area is 159 Å². The highest BCUT2D eigenvalue weighted by atomic mass is 19.1. The first-order valence-corrected chi connectivity index (χ1v) is 9.23. The van der Waals surface area contributed by atoms with Crippen LogP contribution in [0.2, 0.25) is 0 Å². The fraction of sp³-hybridized carbons (Fsp3) is 0.381. The van der Waals surface area contributed by atoms with Crippen molar-refractivity contribution in [2.24, 2.45) is 0 Å². The van der Waals surface area contributed by atoms with E-state index in [4.69, 9.17) is 0 Å². The van der Waals surface area contributed by atoms with Gasteiger partial charge in [-0.2, -0.15) is 0 Å². The number of anilines is 1. The van der Waals surface area contributed by atoms with E-state index in [0.29, 0.717) is 12.1 Å². The Hall–Kier alpha value is -2.47. The molecule has 0 aromatic heterocycles. The maximum Gasteiger partial charge on any atom is 0.236 e. The van der Waals surface area contributed by atoms with Crippen LogP contribution in [-0.2, 0) is 11.3 Å². The van der Waals surface area contributed by atoms with Crippen LogP contribution in [0.15, 0.2) is 48.5 Å². The van der Waals surface area contributed by atoms with Gasteiger partial charge >= 0.3 is 0 Å². The fourth-order valence-electron chi connectivity index (χ4n) is 3.32. The van der Waals surface area contributed by atoms with Crippen LogP contribution in [0.25, 0.3) is 0 Å². The Morgan fingerprint density at radius 1 is 1.00 bits per heavy atom. The van der Waals surface area contributed by atoms with Crippen LogP contribution in [-0.4, -0.2) is 55.5 Å². The number of likely N-dealkylation sites (N-methyl/N-ethyl adjacent to an activating group) is 1. The molecule has 1 aliphatic heterocycles. The highest BCUT2D eigenvalue weighted by Crippen LogP contribution is 2.17. The lowest BCUT2D eigenvalue weighted by atomic mass is 10.2. The summed E-state index contributed by atoms with van der Waals surface area (Å²) in [5.41, 5.74) is 1.52. The van der Waals surface area contributed by atoms with E-state index in [1.807, 2.05) is 0 Å². The normalized spacial score (nSPS) is 15.4. The molecule has 0 bridgehead atoms. The maximum atomic E-state index is 13.8. The van der Waals surface area contributed by atoms with Gasteiger partial charge in [0.2, 0.25) is 5.91 Å². The molecule has 2 aromatic carbocycles. The monoisotopic (exact) mass is 373 g/mol. The summed E-state index contributed by atoms with van der Waals surface area (Å²) in [4.78, 5) is 18.4. The third-order valence-corrected chi connectivity index (χ3v) is 4.93. The molecule has 1 fully saturated rings. The van der Waals surface area contributed by atoms with E-state index in [1.54, 1.807) is 42.3 Å². The molecule has 4 nitrogen and oxygen atoms in total. The third kappa shape index (κ3) is 5.26. The lowest BCUT2D eigenvalue weighted by Crippen LogP contribution is -2.40. The van der Waals surface area contributed by atoms with E-state index in [2.05, 4.69) is 9.80 Å². The summed E-state index contributed by atoms with van der Waals surface area (Å²) in [5.74, 6) is -0.547. The summed E-state index contributed by atoms with van der Waals surface area (Å²) in [5, 5.41) is 0. The smallest absolute Gasteiger partial charge is 0.236 e. The van der Waals surface area contributed by atoms with Crippen molar-refractivity contribution < 1.29 is 13.6 Å². The van der Waals surface area contributed by atoms with Crippen LogP contribution >= 0.6 is 0 Å². The second kappa shape index (κ2) is 8.95. The number of amides is 1. The van der Waals surface area contributed by atoms with Crippen molar-refractivity contribution in [2.75, 3.05) is 44.7 Å². The lowest BCUT2D eigenvalue weighted by Gasteiger charge is -2.25. The Morgan fingerprint density at radius 3 is 2.48 bits per heavy atom. The van der Waals surface area contributed by atoms with Gasteiger partial charge in [-0.05, 0) is 36.8 Å². The van der Waals surface area contributed by atoms with Crippen molar-refractivity contribution in [3.63, 3.8) is 0 Å². The molecule has 6 heteroatoms. The first-order chi connectivity index (χ1) is 13.0. The molecule has 0 N–H and O–H groups in total. The van der Waals surface area contributed by atoms with Gasteiger partial charge in [-0.25, -0.2) is 8.78 Å². The summed E-state index contributed by atoms with van der Waals surface area (Å²) in [6, 6.07) is 13.0. The number of hydrogen-bond acceptors (Lipinski definition) is 3. The van der Waals surface area contributed by atoms with E-state index in [-0.39, 0.29) is 24.1 Å². The summed E-state index contributed by atoms with van der Waals surface area (Å²) in [7, 11) is 1.71. The average molecular weight is 373 g/mol. The molecular formula is C21H25F2N3O. The van der Waals surface area contributed by atoms with E-state index >= 15 is 0 Å². The minimum atomic E-state index is -0.290. The molecular weight excluding hydrogens is 348 g/mol. The molecule has 3 rings (SSSR count). The molecule has 1 saturated heterocycles. The Kier molecular flexibility index (Phi) is 6.40. The molecule has 1 heterocycles. The fourth-order valence-corrected chi connectivity index (χ4v) is 3.32. The molecule has 27 heavy (non-hydrogen) atoms. The number of nitrogens with zero attached hydrogens (tertiary/aromatic N) is 3. The van der Waals surface area contributed by atoms with Crippen LogP contribution in [0.3, 0.4) is 0 Å². The molecule has 2 aromatic rings. The summed E-state index contributed by atoms with van der Waals surface area (Å²) >= 11 is 0. The van der Waals surface area contributed by atoms with Gasteiger partial charge in [0.15, 0.2) is 0 Å². The largest absolute Gasteiger partial charge is 0.370 e. The molecule has 0 unspecified atom stereocenters. The standard InChI is InChI=1S/C21H25F2N3O/c1-24(15-17-5-2-3-6-20(17)23)21(27)16-25-11-4-12-26(14-13-25)19-9-7-18(22)8-10-19/h2-3,5-10H,4,11-16H2,1H3. The highest BCUT2D eigenvalue weighted by Gasteiger charge is 2.19. The lowest BCUT2D eigenvalue weighted by molar-refractivity contribution is -0.131. The van der Waals surface area contributed by atoms with Gasteiger partial charge in [0.1, 0.15) is 11.6 Å². The molecule has 0 saturated carbocycles. The highest BCUT2D eigenvalue weighted by molar-refractivity contribution is 5.78. The van der Waals surface area contributed by atoms with Crippen molar-refractivity contribution in [1.29, 1.82) is 0 Å². The van der Waals surface area contributed by atoms with Crippen molar-refractivity contribution in [1.82, 2.24) is 9.80 Å². The average Bonchev–Trinajstić information content (AvgIpc) is 2.90. The topological polar surface area (TPSA) is 26.8 Å². The SMILES string of the molecule is CN(Cc1ccccc1F)C(=O)CN1CCCN(c2ccc(F)cc2)CC1. The summed E-state index contributed by atoms with van der Waals surface area (Å²) in [6.07, 6.45) is 0.932. The molecule has 0 aliphatic carbocycles. The first-order valence-electron chi connectivity index (χ1n) is 9.23. The van der Waals surface area contributed by atoms with Gasteiger partial charge in [0, 0.05) is 51.0 Å². The Morgan fingerprint density at radius 2 is 1.74 bits per heavy atom. The van der Waals surface area contributed by atoms with Crippen LogP contribution in [0.5, 0.6) is 0 Å². The molecule has 1 aliphatic rings. The van der Waals surface area contributed by atoms with Gasteiger partial charge in [-0.1, -0.05) is 18.2 Å². The number of rotatable bonds is 5. The van der Waals surface area contributed by atoms with E-state index in [9.17, 15) is 13.6 Å². The number of carbonyl (C=O) groups is 1. The summed E-state index contributed by atoms with van der Waals surface area (Å²) in [6.45, 7) is 3.84.